The molecule has 1 rings (SSSR count). The van der Waals surface area contributed by atoms with Crippen molar-refractivity contribution in [1.29, 1.82) is 0 Å². The van der Waals surface area contributed by atoms with Gasteiger partial charge in [-0.25, -0.2) is 0 Å². The Labute approximate surface area is 103 Å². The molecule has 4 nitrogen and oxygen atoms in total. The van der Waals surface area contributed by atoms with Crippen LogP contribution in [0.25, 0.3) is 0 Å². The number of carbonyl (C=O) groups excluding carboxylic acids is 1. The predicted octanol–water partition coefficient (Wildman–Crippen LogP) is 2.18. The maximum atomic E-state index is 12.0. The SMILES string of the molecule is CCC(CC)C(=O)NC1CCCC1(C)C(=O)O. The molecule has 1 fully saturated rings. The third-order valence-electron chi connectivity index (χ3n) is 4.12. The molecule has 98 valence electrons. The Hall–Kier alpha value is -1.06. The van der Waals surface area contributed by atoms with Crippen LogP contribution in [0.5, 0.6) is 0 Å². The summed E-state index contributed by atoms with van der Waals surface area (Å²) in [7, 11) is 0. The standard InChI is InChI=1S/C13H23NO3/c1-4-9(5-2)11(15)14-10-7-6-8-13(10,3)12(16)17/h9-10H,4-8H2,1-3H3,(H,14,15)(H,16,17). The minimum atomic E-state index is -0.801. The third kappa shape index (κ3) is 2.79. The van der Waals surface area contributed by atoms with Crippen molar-refractivity contribution in [3.8, 4) is 0 Å². The van der Waals surface area contributed by atoms with Gasteiger partial charge >= 0.3 is 5.97 Å². The van der Waals surface area contributed by atoms with Gasteiger partial charge in [0.25, 0.3) is 0 Å². The van der Waals surface area contributed by atoms with Gasteiger partial charge in [0.15, 0.2) is 0 Å². The molecule has 0 saturated heterocycles. The Morgan fingerprint density at radius 2 is 2.00 bits per heavy atom. The van der Waals surface area contributed by atoms with E-state index in [0.29, 0.717) is 6.42 Å². The molecular weight excluding hydrogens is 218 g/mol. The van der Waals surface area contributed by atoms with Crippen molar-refractivity contribution in [1.82, 2.24) is 5.32 Å². The zero-order chi connectivity index (χ0) is 13.1. The van der Waals surface area contributed by atoms with E-state index in [0.717, 1.165) is 25.7 Å². The number of rotatable bonds is 5. The number of carbonyl (C=O) groups is 2. The summed E-state index contributed by atoms with van der Waals surface area (Å²) >= 11 is 0. The molecule has 0 aromatic heterocycles. The summed E-state index contributed by atoms with van der Waals surface area (Å²) < 4.78 is 0. The fraction of sp³-hybridized carbons (Fsp3) is 0.846. The summed E-state index contributed by atoms with van der Waals surface area (Å²) in [6.07, 6.45) is 3.90. The predicted molar refractivity (Wildman–Crippen MR) is 65.6 cm³/mol. The Morgan fingerprint density at radius 1 is 1.41 bits per heavy atom. The van der Waals surface area contributed by atoms with Crippen LogP contribution >= 0.6 is 0 Å². The highest BCUT2D eigenvalue weighted by atomic mass is 16.4. The highest BCUT2D eigenvalue weighted by Crippen LogP contribution is 2.38. The fourth-order valence-electron chi connectivity index (χ4n) is 2.60. The van der Waals surface area contributed by atoms with Crippen LogP contribution in [0.2, 0.25) is 0 Å². The van der Waals surface area contributed by atoms with E-state index in [1.54, 1.807) is 6.92 Å². The van der Waals surface area contributed by atoms with E-state index in [1.165, 1.54) is 0 Å². The number of nitrogens with one attached hydrogen (secondary N) is 1. The van der Waals surface area contributed by atoms with Gasteiger partial charge in [0.1, 0.15) is 0 Å². The molecule has 17 heavy (non-hydrogen) atoms. The van der Waals surface area contributed by atoms with E-state index >= 15 is 0 Å². The average Bonchev–Trinajstić information content (AvgIpc) is 2.63. The van der Waals surface area contributed by atoms with Crippen molar-refractivity contribution in [3.63, 3.8) is 0 Å². The molecule has 1 amide bonds. The molecule has 2 atom stereocenters. The Bertz CT molecular complexity index is 299. The molecule has 2 N–H and O–H groups in total. The van der Waals surface area contributed by atoms with Gasteiger partial charge in [-0.1, -0.05) is 20.3 Å². The molecule has 0 spiro atoms. The van der Waals surface area contributed by atoms with Crippen LogP contribution in [0.1, 0.15) is 52.9 Å². The first-order chi connectivity index (χ1) is 7.95. The Balaban J connectivity index is 2.68. The molecule has 0 heterocycles. The van der Waals surface area contributed by atoms with Gasteiger partial charge in [-0.2, -0.15) is 0 Å². The summed E-state index contributed by atoms with van der Waals surface area (Å²) in [5.41, 5.74) is -0.790. The summed E-state index contributed by atoms with van der Waals surface area (Å²) in [5, 5.41) is 12.2. The quantitative estimate of drug-likeness (QED) is 0.775. The molecular formula is C13H23NO3. The first kappa shape index (κ1) is 14.0. The number of hydrogen-bond acceptors (Lipinski definition) is 2. The monoisotopic (exact) mass is 241 g/mol. The van der Waals surface area contributed by atoms with Crippen LogP contribution in [-0.4, -0.2) is 23.0 Å². The molecule has 0 aromatic carbocycles. The van der Waals surface area contributed by atoms with Crippen molar-refractivity contribution < 1.29 is 14.7 Å². The minimum absolute atomic E-state index is 0.00800. The number of amides is 1. The summed E-state index contributed by atoms with van der Waals surface area (Å²) in [5.74, 6) is -0.784. The lowest BCUT2D eigenvalue weighted by Crippen LogP contribution is -2.48. The highest BCUT2D eigenvalue weighted by molar-refractivity contribution is 5.81. The Morgan fingerprint density at radius 3 is 2.47 bits per heavy atom. The molecule has 0 radical (unpaired) electrons. The van der Waals surface area contributed by atoms with E-state index in [-0.39, 0.29) is 17.9 Å². The molecule has 0 bridgehead atoms. The first-order valence-corrected chi connectivity index (χ1v) is 6.49. The maximum absolute atomic E-state index is 12.0. The molecule has 1 aliphatic carbocycles. The molecule has 2 unspecified atom stereocenters. The van der Waals surface area contributed by atoms with Crippen LogP contribution in [-0.2, 0) is 9.59 Å². The fourth-order valence-corrected chi connectivity index (χ4v) is 2.60. The van der Waals surface area contributed by atoms with Gasteiger partial charge in [-0.3, -0.25) is 9.59 Å². The van der Waals surface area contributed by atoms with Gasteiger partial charge in [-0.05, 0) is 32.6 Å². The summed E-state index contributed by atoms with van der Waals surface area (Å²) in [4.78, 5) is 23.2. The van der Waals surface area contributed by atoms with Crippen molar-refractivity contribution in [2.45, 2.75) is 58.9 Å². The molecule has 0 aromatic rings. The first-order valence-electron chi connectivity index (χ1n) is 6.49. The molecule has 1 aliphatic rings. The van der Waals surface area contributed by atoms with Crippen molar-refractivity contribution >= 4 is 11.9 Å². The van der Waals surface area contributed by atoms with E-state index in [9.17, 15) is 14.7 Å². The van der Waals surface area contributed by atoms with Gasteiger partial charge in [0, 0.05) is 12.0 Å². The lowest BCUT2D eigenvalue weighted by Gasteiger charge is -2.29. The number of aliphatic carboxylic acids is 1. The zero-order valence-electron chi connectivity index (χ0n) is 11.0. The van der Waals surface area contributed by atoms with Crippen LogP contribution < -0.4 is 5.32 Å². The van der Waals surface area contributed by atoms with E-state index in [1.807, 2.05) is 13.8 Å². The van der Waals surface area contributed by atoms with E-state index in [4.69, 9.17) is 0 Å². The van der Waals surface area contributed by atoms with E-state index in [2.05, 4.69) is 5.32 Å². The van der Waals surface area contributed by atoms with Crippen molar-refractivity contribution in [2.24, 2.45) is 11.3 Å². The highest BCUT2D eigenvalue weighted by Gasteiger charge is 2.46. The average molecular weight is 241 g/mol. The smallest absolute Gasteiger partial charge is 0.311 e. The summed E-state index contributed by atoms with van der Waals surface area (Å²) in [6.45, 7) is 5.71. The largest absolute Gasteiger partial charge is 0.481 e. The van der Waals surface area contributed by atoms with Gasteiger partial charge in [0.05, 0.1) is 5.41 Å². The Kier molecular flexibility index (Phi) is 4.54. The van der Waals surface area contributed by atoms with E-state index < -0.39 is 11.4 Å². The van der Waals surface area contributed by atoms with Gasteiger partial charge < -0.3 is 10.4 Å². The minimum Gasteiger partial charge on any atom is -0.481 e. The second-order valence-electron chi connectivity index (χ2n) is 5.19. The molecule has 1 saturated carbocycles. The van der Waals surface area contributed by atoms with Gasteiger partial charge in [-0.15, -0.1) is 0 Å². The third-order valence-corrected chi connectivity index (χ3v) is 4.12. The molecule has 4 heteroatoms. The zero-order valence-corrected chi connectivity index (χ0v) is 11.0. The summed E-state index contributed by atoms with van der Waals surface area (Å²) in [6, 6.07) is -0.215. The van der Waals surface area contributed by atoms with Crippen LogP contribution in [0.3, 0.4) is 0 Å². The lowest BCUT2D eigenvalue weighted by molar-refractivity contribution is -0.149. The second kappa shape index (κ2) is 5.52. The van der Waals surface area contributed by atoms with Crippen molar-refractivity contribution in [2.75, 3.05) is 0 Å². The maximum Gasteiger partial charge on any atom is 0.311 e. The lowest BCUT2D eigenvalue weighted by atomic mass is 9.84. The number of carboxylic acid groups (broad SMARTS) is 1. The van der Waals surface area contributed by atoms with Crippen LogP contribution in [0.4, 0.5) is 0 Å². The van der Waals surface area contributed by atoms with Gasteiger partial charge in [0.2, 0.25) is 5.91 Å². The number of carboxylic acids is 1. The van der Waals surface area contributed by atoms with Crippen molar-refractivity contribution in [3.05, 3.63) is 0 Å². The number of hydrogen-bond donors (Lipinski definition) is 2. The van der Waals surface area contributed by atoms with Crippen LogP contribution in [0.15, 0.2) is 0 Å². The topological polar surface area (TPSA) is 66.4 Å². The molecule has 0 aliphatic heterocycles. The van der Waals surface area contributed by atoms with Crippen LogP contribution in [0, 0.1) is 11.3 Å². The second-order valence-corrected chi connectivity index (χ2v) is 5.19. The normalized spacial score (nSPS) is 28.4.